The second-order valence-electron chi connectivity index (χ2n) is 6.64. The van der Waals surface area contributed by atoms with Crippen LogP contribution in [0.25, 0.3) is 0 Å². The molecule has 7 heteroatoms. The van der Waals surface area contributed by atoms with Gasteiger partial charge in [0.2, 0.25) is 0 Å². The summed E-state index contributed by atoms with van der Waals surface area (Å²) >= 11 is 0. The predicted octanol–water partition coefficient (Wildman–Crippen LogP) is 1.77. The number of fused-ring (bicyclic) bond motifs is 2. The van der Waals surface area contributed by atoms with Crippen molar-refractivity contribution < 1.29 is 13.9 Å². The van der Waals surface area contributed by atoms with Gasteiger partial charge in [-0.15, -0.1) is 0 Å². The highest BCUT2D eigenvalue weighted by atomic mass is 19.1. The van der Waals surface area contributed by atoms with Crippen molar-refractivity contribution in [3.8, 4) is 0 Å². The maximum Gasteiger partial charge on any atom is 0.275 e. The van der Waals surface area contributed by atoms with E-state index >= 15 is 0 Å². The van der Waals surface area contributed by atoms with E-state index in [-0.39, 0.29) is 5.69 Å². The Hall–Kier alpha value is -2.41. The average molecular weight is 326 g/mol. The summed E-state index contributed by atoms with van der Waals surface area (Å²) < 4.78 is 19.7. The van der Waals surface area contributed by atoms with E-state index < -0.39 is 17.3 Å². The highest BCUT2D eigenvalue weighted by Gasteiger charge is 2.53. The molecular formula is C17H15FN4O2. The Bertz CT molecular complexity index is 846. The molecule has 1 saturated heterocycles. The number of carbonyl (C=O) groups excluding carboxylic acids is 1. The first kappa shape index (κ1) is 14.0. The largest absolute Gasteiger partial charge is 0.360 e. The number of ether oxygens (including phenoxy) is 1. The van der Waals surface area contributed by atoms with Crippen LogP contribution in [0.3, 0.4) is 0 Å². The summed E-state index contributed by atoms with van der Waals surface area (Å²) in [5.41, 5.74) is 1.18. The molecule has 2 aromatic heterocycles. The van der Waals surface area contributed by atoms with Gasteiger partial charge in [0.15, 0.2) is 11.5 Å². The second kappa shape index (κ2) is 4.80. The van der Waals surface area contributed by atoms with Crippen LogP contribution in [-0.2, 0) is 16.9 Å². The van der Waals surface area contributed by atoms with E-state index in [1.54, 1.807) is 4.90 Å². The van der Waals surface area contributed by atoms with Gasteiger partial charge in [-0.1, -0.05) is 0 Å². The third-order valence-electron chi connectivity index (χ3n) is 4.95. The van der Waals surface area contributed by atoms with Crippen LogP contribution in [0.1, 0.15) is 46.3 Å². The van der Waals surface area contributed by atoms with E-state index in [2.05, 4.69) is 15.0 Å². The number of aromatic nitrogens is 3. The molecule has 3 aliphatic rings. The van der Waals surface area contributed by atoms with Gasteiger partial charge in [0.25, 0.3) is 5.91 Å². The number of pyridine rings is 1. The van der Waals surface area contributed by atoms with Crippen LogP contribution >= 0.6 is 0 Å². The number of amides is 1. The maximum absolute atomic E-state index is 13.7. The van der Waals surface area contributed by atoms with E-state index in [9.17, 15) is 9.18 Å². The van der Waals surface area contributed by atoms with E-state index in [1.165, 1.54) is 18.3 Å². The fraction of sp³-hybridized carbons (Fsp3) is 0.412. The standard InChI is InChI=1S/C17H15FN4O2/c18-12-2-1-5-19-14(12)16(23)22-8-17(9-22)11-6-20-15(10-3-4-10)21-13(11)7-24-17/h1-2,5-6,10H,3-4,7-9H2. The van der Waals surface area contributed by atoms with Crippen molar-refractivity contribution in [2.75, 3.05) is 13.1 Å². The minimum atomic E-state index is -0.603. The van der Waals surface area contributed by atoms with E-state index in [4.69, 9.17) is 4.74 Å². The Balaban J connectivity index is 1.37. The molecule has 1 saturated carbocycles. The highest BCUT2D eigenvalue weighted by Crippen LogP contribution is 2.44. The first-order chi connectivity index (χ1) is 11.7. The normalized spacial score (nSPS) is 20.8. The summed E-state index contributed by atoms with van der Waals surface area (Å²) in [6.45, 7) is 1.19. The lowest BCUT2D eigenvalue weighted by Crippen LogP contribution is -2.61. The molecule has 1 aliphatic carbocycles. The van der Waals surface area contributed by atoms with Gasteiger partial charge in [0.1, 0.15) is 11.4 Å². The van der Waals surface area contributed by atoms with Crippen molar-refractivity contribution in [1.29, 1.82) is 0 Å². The Labute approximate surface area is 137 Å². The smallest absolute Gasteiger partial charge is 0.275 e. The van der Waals surface area contributed by atoms with Crippen molar-refractivity contribution in [3.05, 3.63) is 53.1 Å². The highest BCUT2D eigenvalue weighted by molar-refractivity contribution is 5.93. The van der Waals surface area contributed by atoms with Crippen LogP contribution in [0.5, 0.6) is 0 Å². The Morgan fingerprint density at radius 1 is 1.33 bits per heavy atom. The summed E-state index contributed by atoms with van der Waals surface area (Å²) in [4.78, 5) is 26.9. The van der Waals surface area contributed by atoms with Crippen LogP contribution in [0.4, 0.5) is 4.39 Å². The molecule has 0 aromatic carbocycles. The summed E-state index contributed by atoms with van der Waals surface area (Å²) in [5.74, 6) is 0.385. The minimum Gasteiger partial charge on any atom is -0.360 e. The Morgan fingerprint density at radius 3 is 2.92 bits per heavy atom. The second-order valence-corrected chi connectivity index (χ2v) is 6.64. The fourth-order valence-corrected chi connectivity index (χ4v) is 3.41. The van der Waals surface area contributed by atoms with Gasteiger partial charge < -0.3 is 9.64 Å². The molecule has 2 fully saturated rings. The summed E-state index contributed by atoms with van der Waals surface area (Å²) in [5, 5.41) is 0. The minimum absolute atomic E-state index is 0.147. The van der Waals surface area contributed by atoms with Gasteiger partial charge in [-0.25, -0.2) is 19.3 Å². The fourth-order valence-electron chi connectivity index (χ4n) is 3.41. The molecule has 24 heavy (non-hydrogen) atoms. The van der Waals surface area contributed by atoms with Gasteiger partial charge in [0, 0.05) is 23.9 Å². The first-order valence-electron chi connectivity index (χ1n) is 8.06. The topological polar surface area (TPSA) is 68.2 Å². The molecule has 5 rings (SSSR count). The Morgan fingerprint density at radius 2 is 2.17 bits per heavy atom. The quantitative estimate of drug-likeness (QED) is 0.841. The molecule has 0 unspecified atom stereocenters. The lowest BCUT2D eigenvalue weighted by molar-refractivity contribution is -0.126. The van der Waals surface area contributed by atoms with Gasteiger partial charge in [-0.3, -0.25) is 4.79 Å². The van der Waals surface area contributed by atoms with Crippen LogP contribution < -0.4 is 0 Å². The van der Waals surface area contributed by atoms with Gasteiger partial charge in [-0.2, -0.15) is 0 Å². The molecule has 0 bridgehead atoms. The number of carbonyl (C=O) groups is 1. The molecule has 122 valence electrons. The van der Waals surface area contributed by atoms with Crippen LogP contribution in [0.2, 0.25) is 0 Å². The molecule has 0 N–H and O–H groups in total. The number of likely N-dealkylation sites (tertiary alicyclic amines) is 1. The summed E-state index contributed by atoms with van der Waals surface area (Å²) in [6.07, 6.45) is 5.57. The Kier molecular flexibility index (Phi) is 2.79. The third kappa shape index (κ3) is 1.97. The lowest BCUT2D eigenvalue weighted by Gasteiger charge is -2.46. The summed E-state index contributed by atoms with van der Waals surface area (Å²) in [7, 11) is 0. The number of halogens is 1. The van der Waals surface area contributed by atoms with E-state index in [0.717, 1.165) is 29.9 Å². The molecule has 1 amide bonds. The molecular weight excluding hydrogens is 311 g/mol. The number of nitrogens with zero attached hydrogens (tertiary/aromatic N) is 4. The zero-order chi connectivity index (χ0) is 16.3. The molecule has 0 radical (unpaired) electrons. The molecule has 1 spiro atoms. The molecule has 6 nitrogen and oxygen atoms in total. The summed E-state index contributed by atoms with van der Waals surface area (Å²) in [6, 6.07) is 2.71. The number of hydrogen-bond donors (Lipinski definition) is 0. The SMILES string of the molecule is O=C(c1ncccc1F)N1CC2(C1)OCc1nc(C3CC3)ncc12. The molecule has 0 atom stereocenters. The maximum atomic E-state index is 13.7. The van der Waals surface area contributed by atoms with Crippen molar-refractivity contribution in [2.45, 2.75) is 31.0 Å². The number of rotatable bonds is 2. The monoisotopic (exact) mass is 326 g/mol. The average Bonchev–Trinajstić information content (AvgIpc) is 3.33. The van der Waals surface area contributed by atoms with Gasteiger partial charge in [0.05, 0.1) is 25.4 Å². The van der Waals surface area contributed by atoms with Crippen LogP contribution in [0.15, 0.2) is 24.5 Å². The number of hydrogen-bond acceptors (Lipinski definition) is 5. The van der Waals surface area contributed by atoms with Gasteiger partial charge in [-0.05, 0) is 25.0 Å². The van der Waals surface area contributed by atoms with Crippen molar-refractivity contribution in [3.63, 3.8) is 0 Å². The molecule has 2 aliphatic heterocycles. The molecule has 2 aromatic rings. The van der Waals surface area contributed by atoms with Crippen LogP contribution in [0, 0.1) is 5.82 Å². The lowest BCUT2D eigenvalue weighted by atomic mass is 9.87. The third-order valence-corrected chi connectivity index (χ3v) is 4.95. The van der Waals surface area contributed by atoms with Gasteiger partial charge >= 0.3 is 0 Å². The predicted molar refractivity (Wildman–Crippen MR) is 80.6 cm³/mol. The van der Waals surface area contributed by atoms with E-state index in [1.807, 2.05) is 6.20 Å². The molecule has 4 heterocycles. The van der Waals surface area contributed by atoms with Crippen molar-refractivity contribution in [2.24, 2.45) is 0 Å². The van der Waals surface area contributed by atoms with E-state index in [0.29, 0.717) is 25.6 Å². The van der Waals surface area contributed by atoms with Crippen molar-refractivity contribution in [1.82, 2.24) is 19.9 Å². The zero-order valence-electron chi connectivity index (χ0n) is 12.9. The van der Waals surface area contributed by atoms with Crippen molar-refractivity contribution >= 4 is 5.91 Å². The first-order valence-corrected chi connectivity index (χ1v) is 8.06. The van der Waals surface area contributed by atoms with Crippen LogP contribution in [-0.4, -0.2) is 38.8 Å². The zero-order valence-corrected chi connectivity index (χ0v) is 12.9.